The van der Waals surface area contributed by atoms with Gasteiger partial charge in [-0.05, 0) is 19.3 Å². The van der Waals surface area contributed by atoms with Crippen LogP contribution >= 0.6 is 0 Å². The molecule has 1 aliphatic rings. The molecular weight excluding hydrogens is 252 g/mol. The van der Waals surface area contributed by atoms with Crippen molar-refractivity contribution in [2.24, 2.45) is 0 Å². The fourth-order valence-corrected chi connectivity index (χ4v) is 3.31. The summed E-state index contributed by atoms with van der Waals surface area (Å²) >= 11 is 0. The maximum atomic E-state index is 12.2. The third kappa shape index (κ3) is 3.23. The van der Waals surface area contributed by atoms with Gasteiger partial charge in [-0.25, -0.2) is 0 Å². The van der Waals surface area contributed by atoms with E-state index in [4.69, 9.17) is 0 Å². The molecule has 102 valence electrons. The molecule has 2 heterocycles. The van der Waals surface area contributed by atoms with Gasteiger partial charge >= 0.3 is 10.2 Å². The van der Waals surface area contributed by atoms with E-state index in [2.05, 4.69) is 14.9 Å². The number of rotatable bonds is 4. The van der Waals surface area contributed by atoms with Crippen LogP contribution in [0, 0.1) is 0 Å². The van der Waals surface area contributed by atoms with Gasteiger partial charge in [0.15, 0.2) is 5.82 Å². The molecule has 2 N–H and O–H groups in total. The van der Waals surface area contributed by atoms with Crippen LogP contribution in [-0.2, 0) is 16.6 Å². The maximum Gasteiger partial charge on any atom is 0.302 e. The standard InChI is InChI=1S/C11H20N4O2S/c1-2-10-9-11(13-12-10)14-18(16,17)15-7-5-3-4-6-8-15/h9H,2-8H2,1H3,(H2,12,13,14). The number of nitrogens with zero attached hydrogens (tertiary/aromatic N) is 2. The number of aromatic nitrogens is 2. The first kappa shape index (κ1) is 13.4. The van der Waals surface area contributed by atoms with E-state index in [0.717, 1.165) is 37.8 Å². The van der Waals surface area contributed by atoms with Crippen molar-refractivity contribution in [2.75, 3.05) is 17.8 Å². The summed E-state index contributed by atoms with van der Waals surface area (Å²) in [5.41, 5.74) is 0.920. The van der Waals surface area contributed by atoms with E-state index < -0.39 is 10.2 Å². The molecule has 18 heavy (non-hydrogen) atoms. The molecule has 0 aromatic carbocycles. The summed E-state index contributed by atoms with van der Waals surface area (Å²) in [5, 5.41) is 6.75. The van der Waals surface area contributed by atoms with Crippen molar-refractivity contribution in [3.8, 4) is 0 Å². The van der Waals surface area contributed by atoms with Crippen LogP contribution in [-0.4, -0.2) is 36.0 Å². The van der Waals surface area contributed by atoms with E-state index in [0.29, 0.717) is 18.9 Å². The van der Waals surface area contributed by atoms with Crippen molar-refractivity contribution in [3.63, 3.8) is 0 Å². The van der Waals surface area contributed by atoms with Crippen molar-refractivity contribution < 1.29 is 8.42 Å². The average Bonchev–Trinajstić information content (AvgIpc) is 2.62. The quantitative estimate of drug-likeness (QED) is 0.872. The van der Waals surface area contributed by atoms with E-state index in [9.17, 15) is 8.42 Å². The van der Waals surface area contributed by atoms with Crippen LogP contribution in [0.3, 0.4) is 0 Å². The normalized spacial score (nSPS) is 18.5. The fourth-order valence-electron chi connectivity index (χ4n) is 2.07. The molecule has 1 aliphatic heterocycles. The van der Waals surface area contributed by atoms with E-state index in [1.165, 1.54) is 4.31 Å². The molecule has 0 atom stereocenters. The van der Waals surface area contributed by atoms with Gasteiger partial charge in [0.05, 0.1) is 0 Å². The van der Waals surface area contributed by atoms with Crippen molar-refractivity contribution in [1.82, 2.24) is 14.5 Å². The molecule has 0 amide bonds. The second-order valence-electron chi connectivity index (χ2n) is 4.55. The number of hydrogen-bond acceptors (Lipinski definition) is 3. The number of anilines is 1. The lowest BCUT2D eigenvalue weighted by Gasteiger charge is -2.19. The molecule has 1 fully saturated rings. The van der Waals surface area contributed by atoms with Crippen LogP contribution in [0.15, 0.2) is 6.07 Å². The zero-order valence-corrected chi connectivity index (χ0v) is 11.5. The zero-order chi connectivity index (χ0) is 13.0. The van der Waals surface area contributed by atoms with Gasteiger partial charge in [-0.15, -0.1) is 0 Å². The Balaban J connectivity index is 2.05. The predicted molar refractivity (Wildman–Crippen MR) is 70.5 cm³/mol. The number of nitrogens with one attached hydrogen (secondary N) is 2. The van der Waals surface area contributed by atoms with Gasteiger partial charge in [0, 0.05) is 24.8 Å². The van der Waals surface area contributed by atoms with Gasteiger partial charge in [-0.1, -0.05) is 19.8 Å². The zero-order valence-electron chi connectivity index (χ0n) is 10.6. The Bertz CT molecular complexity index is 475. The second kappa shape index (κ2) is 5.71. The minimum absolute atomic E-state index is 0.371. The van der Waals surface area contributed by atoms with Crippen LogP contribution in [0.1, 0.15) is 38.3 Å². The molecule has 0 unspecified atom stereocenters. The molecule has 6 nitrogen and oxygen atoms in total. The van der Waals surface area contributed by atoms with Crippen molar-refractivity contribution >= 4 is 16.0 Å². The highest BCUT2D eigenvalue weighted by molar-refractivity contribution is 7.90. The van der Waals surface area contributed by atoms with Crippen LogP contribution in [0.2, 0.25) is 0 Å². The maximum absolute atomic E-state index is 12.2. The van der Waals surface area contributed by atoms with Gasteiger partial charge in [0.25, 0.3) is 0 Å². The minimum atomic E-state index is -3.45. The lowest BCUT2D eigenvalue weighted by atomic mass is 10.2. The highest BCUT2D eigenvalue weighted by Crippen LogP contribution is 2.15. The third-order valence-electron chi connectivity index (χ3n) is 3.15. The second-order valence-corrected chi connectivity index (χ2v) is 6.22. The fraction of sp³-hybridized carbons (Fsp3) is 0.727. The third-order valence-corrected chi connectivity index (χ3v) is 4.66. The summed E-state index contributed by atoms with van der Waals surface area (Å²) in [6.07, 6.45) is 4.88. The summed E-state index contributed by atoms with van der Waals surface area (Å²) in [6, 6.07) is 1.73. The van der Waals surface area contributed by atoms with E-state index in [1.54, 1.807) is 6.07 Å². The SMILES string of the molecule is CCc1cc(NS(=O)(=O)N2CCCCCC2)n[nH]1. The topological polar surface area (TPSA) is 78.1 Å². The van der Waals surface area contributed by atoms with Crippen LogP contribution in [0.5, 0.6) is 0 Å². The Kier molecular flexibility index (Phi) is 4.23. The monoisotopic (exact) mass is 272 g/mol. The molecule has 0 bridgehead atoms. The molecular formula is C11H20N4O2S. The molecule has 0 spiro atoms. The molecule has 0 saturated carbocycles. The van der Waals surface area contributed by atoms with E-state index in [-0.39, 0.29) is 0 Å². The smallest absolute Gasteiger partial charge is 0.280 e. The summed E-state index contributed by atoms with van der Waals surface area (Å²) in [6.45, 7) is 3.18. The van der Waals surface area contributed by atoms with Crippen LogP contribution in [0.4, 0.5) is 5.82 Å². The molecule has 0 aliphatic carbocycles. The lowest BCUT2D eigenvalue weighted by Crippen LogP contribution is -2.36. The molecule has 0 radical (unpaired) electrons. The van der Waals surface area contributed by atoms with Crippen LogP contribution < -0.4 is 4.72 Å². The number of H-pyrrole nitrogens is 1. The average molecular weight is 272 g/mol. The Labute approximate surface area is 108 Å². The first-order chi connectivity index (χ1) is 8.62. The summed E-state index contributed by atoms with van der Waals surface area (Å²) in [7, 11) is -3.45. The molecule has 2 rings (SSSR count). The van der Waals surface area contributed by atoms with Crippen molar-refractivity contribution in [3.05, 3.63) is 11.8 Å². The van der Waals surface area contributed by atoms with Gasteiger partial charge in [0.2, 0.25) is 0 Å². The van der Waals surface area contributed by atoms with Gasteiger partial charge in [-0.2, -0.15) is 17.8 Å². The minimum Gasteiger partial charge on any atom is -0.280 e. The first-order valence-electron chi connectivity index (χ1n) is 6.44. The largest absolute Gasteiger partial charge is 0.302 e. The Morgan fingerprint density at radius 3 is 2.56 bits per heavy atom. The lowest BCUT2D eigenvalue weighted by molar-refractivity contribution is 0.427. The van der Waals surface area contributed by atoms with Gasteiger partial charge in [0.1, 0.15) is 0 Å². The predicted octanol–water partition coefficient (Wildman–Crippen LogP) is 1.50. The molecule has 1 saturated heterocycles. The van der Waals surface area contributed by atoms with Crippen LogP contribution in [0.25, 0.3) is 0 Å². The number of hydrogen-bond donors (Lipinski definition) is 2. The summed E-state index contributed by atoms with van der Waals surface area (Å²) in [4.78, 5) is 0. The summed E-state index contributed by atoms with van der Waals surface area (Å²) in [5.74, 6) is 0.371. The van der Waals surface area contributed by atoms with E-state index >= 15 is 0 Å². The van der Waals surface area contributed by atoms with Gasteiger partial charge in [-0.3, -0.25) is 9.82 Å². The Morgan fingerprint density at radius 1 is 1.33 bits per heavy atom. The molecule has 1 aromatic rings. The highest BCUT2D eigenvalue weighted by atomic mass is 32.2. The van der Waals surface area contributed by atoms with E-state index in [1.807, 2.05) is 6.92 Å². The Hall–Kier alpha value is -1.08. The van der Waals surface area contributed by atoms with Gasteiger partial charge < -0.3 is 0 Å². The summed E-state index contributed by atoms with van der Waals surface area (Å²) < 4.78 is 28.4. The first-order valence-corrected chi connectivity index (χ1v) is 7.88. The number of aromatic amines is 1. The number of aryl methyl sites for hydroxylation is 1. The molecule has 1 aromatic heterocycles. The van der Waals surface area contributed by atoms with Crippen molar-refractivity contribution in [2.45, 2.75) is 39.0 Å². The van der Waals surface area contributed by atoms with Crippen molar-refractivity contribution in [1.29, 1.82) is 0 Å². The Morgan fingerprint density at radius 2 is 2.00 bits per heavy atom. The highest BCUT2D eigenvalue weighted by Gasteiger charge is 2.23. The molecule has 7 heteroatoms.